The third-order valence-corrected chi connectivity index (χ3v) is 5.40. The van der Waals surface area contributed by atoms with Crippen molar-refractivity contribution in [2.24, 2.45) is 0 Å². The first-order valence-corrected chi connectivity index (χ1v) is 10.2. The van der Waals surface area contributed by atoms with Gasteiger partial charge in [-0.15, -0.1) is 0 Å². The molecule has 9 nitrogen and oxygen atoms in total. The Balaban J connectivity index is 1.43. The van der Waals surface area contributed by atoms with Crippen molar-refractivity contribution in [1.82, 2.24) is 25.1 Å². The highest BCUT2D eigenvalue weighted by atomic mass is 16.5. The molecule has 1 atom stereocenters. The number of hydrogen-bond acceptors (Lipinski definition) is 7. The van der Waals surface area contributed by atoms with E-state index in [1.807, 2.05) is 32.0 Å². The molecule has 0 saturated carbocycles. The molecule has 3 aromatic heterocycles. The van der Waals surface area contributed by atoms with Crippen LogP contribution in [0.1, 0.15) is 43.9 Å². The summed E-state index contributed by atoms with van der Waals surface area (Å²) in [6.45, 7) is 3.84. The zero-order valence-electron chi connectivity index (χ0n) is 17.1. The topological polar surface area (TPSA) is 127 Å². The first kappa shape index (κ1) is 19.2. The lowest BCUT2D eigenvalue weighted by molar-refractivity contribution is -0.137. The SMILES string of the molecule is CC(C)Oc1cnc(-c2nc(-c3ccc4[nH]c5c(c4c3)CCC5CC(=O)O)no2)cn1. The van der Waals surface area contributed by atoms with Crippen molar-refractivity contribution in [2.75, 3.05) is 0 Å². The number of hydrogen-bond donors (Lipinski definition) is 2. The summed E-state index contributed by atoms with van der Waals surface area (Å²) in [7, 11) is 0. The third-order valence-electron chi connectivity index (χ3n) is 5.40. The van der Waals surface area contributed by atoms with E-state index in [9.17, 15) is 4.79 Å². The predicted octanol–water partition coefficient (Wildman–Crippen LogP) is 3.97. The van der Waals surface area contributed by atoms with Gasteiger partial charge in [-0.2, -0.15) is 4.98 Å². The Morgan fingerprint density at radius 3 is 2.94 bits per heavy atom. The number of aliphatic carboxylic acids is 1. The van der Waals surface area contributed by atoms with Crippen LogP contribution < -0.4 is 4.74 Å². The monoisotopic (exact) mass is 419 g/mol. The van der Waals surface area contributed by atoms with Gasteiger partial charge in [-0.05, 0) is 50.5 Å². The number of carbonyl (C=O) groups is 1. The normalized spacial score (nSPS) is 15.5. The van der Waals surface area contributed by atoms with Gasteiger partial charge in [-0.1, -0.05) is 5.16 Å². The highest BCUT2D eigenvalue weighted by Gasteiger charge is 2.28. The average molecular weight is 419 g/mol. The van der Waals surface area contributed by atoms with Crippen molar-refractivity contribution in [1.29, 1.82) is 0 Å². The molecule has 0 aliphatic heterocycles. The second-order valence-electron chi connectivity index (χ2n) is 7.94. The van der Waals surface area contributed by atoms with Crippen LogP contribution in [0.5, 0.6) is 5.88 Å². The molecule has 1 aromatic carbocycles. The van der Waals surface area contributed by atoms with Crippen LogP contribution in [-0.2, 0) is 11.2 Å². The number of nitrogens with zero attached hydrogens (tertiary/aromatic N) is 4. The van der Waals surface area contributed by atoms with E-state index in [0.717, 1.165) is 35.0 Å². The summed E-state index contributed by atoms with van der Waals surface area (Å²) in [4.78, 5) is 27.5. The molecule has 1 aliphatic rings. The fourth-order valence-electron chi connectivity index (χ4n) is 4.08. The molecule has 0 amide bonds. The number of ether oxygens (including phenoxy) is 1. The van der Waals surface area contributed by atoms with E-state index in [-0.39, 0.29) is 24.3 Å². The van der Waals surface area contributed by atoms with Crippen molar-refractivity contribution in [3.8, 4) is 28.9 Å². The Morgan fingerprint density at radius 1 is 1.32 bits per heavy atom. The van der Waals surface area contributed by atoms with Gasteiger partial charge in [0.15, 0.2) is 0 Å². The van der Waals surface area contributed by atoms with Gasteiger partial charge in [0.1, 0.15) is 5.69 Å². The molecule has 158 valence electrons. The van der Waals surface area contributed by atoms with Crippen LogP contribution in [0.25, 0.3) is 33.9 Å². The third kappa shape index (κ3) is 3.63. The zero-order chi connectivity index (χ0) is 21.5. The molecule has 0 fully saturated rings. The van der Waals surface area contributed by atoms with Crippen molar-refractivity contribution >= 4 is 16.9 Å². The number of aryl methyl sites for hydroxylation is 1. The van der Waals surface area contributed by atoms with E-state index in [1.165, 1.54) is 11.8 Å². The molecule has 3 heterocycles. The van der Waals surface area contributed by atoms with Gasteiger partial charge < -0.3 is 19.4 Å². The molecule has 5 rings (SSSR count). The number of fused-ring (bicyclic) bond motifs is 3. The maximum Gasteiger partial charge on any atom is 0.304 e. The van der Waals surface area contributed by atoms with Gasteiger partial charge in [-0.3, -0.25) is 4.79 Å². The van der Waals surface area contributed by atoms with Crippen molar-refractivity contribution < 1.29 is 19.2 Å². The Kier molecular flexibility index (Phi) is 4.65. The van der Waals surface area contributed by atoms with Crippen LogP contribution in [0, 0.1) is 0 Å². The molecule has 4 aromatic rings. The van der Waals surface area contributed by atoms with E-state index in [4.69, 9.17) is 14.4 Å². The summed E-state index contributed by atoms with van der Waals surface area (Å²) >= 11 is 0. The van der Waals surface area contributed by atoms with Crippen molar-refractivity contribution in [3.63, 3.8) is 0 Å². The minimum atomic E-state index is -0.775. The number of nitrogens with one attached hydrogen (secondary N) is 1. The minimum absolute atomic E-state index is 0.0133. The largest absolute Gasteiger partial charge is 0.481 e. The number of benzene rings is 1. The van der Waals surface area contributed by atoms with E-state index >= 15 is 0 Å². The van der Waals surface area contributed by atoms with Gasteiger partial charge in [0.05, 0.1) is 24.9 Å². The van der Waals surface area contributed by atoms with E-state index in [0.29, 0.717) is 17.4 Å². The standard InChI is InChI=1S/C22H21N5O4/c1-11(2)30-18-10-23-17(9-24-18)22-26-21(27-31-22)13-4-6-16-15(7-13)14-5-3-12(8-19(28)29)20(14)25-16/h4,6-7,9-12,25H,3,5,8H2,1-2H3,(H,28,29). The number of aromatic nitrogens is 5. The van der Waals surface area contributed by atoms with Gasteiger partial charge in [0, 0.05) is 28.1 Å². The molecule has 0 radical (unpaired) electrons. The van der Waals surface area contributed by atoms with E-state index in [1.54, 1.807) is 6.20 Å². The first-order chi connectivity index (χ1) is 15.0. The molecule has 1 aliphatic carbocycles. The van der Waals surface area contributed by atoms with Crippen LogP contribution in [0.4, 0.5) is 0 Å². The Bertz CT molecular complexity index is 1260. The lowest BCUT2D eigenvalue weighted by Crippen LogP contribution is -2.07. The molecular formula is C22H21N5O4. The summed E-state index contributed by atoms with van der Waals surface area (Å²) < 4.78 is 10.9. The molecule has 0 spiro atoms. The Hall–Kier alpha value is -3.75. The van der Waals surface area contributed by atoms with Crippen LogP contribution in [-0.4, -0.2) is 42.3 Å². The van der Waals surface area contributed by atoms with Crippen molar-refractivity contribution in [3.05, 3.63) is 41.9 Å². The highest BCUT2D eigenvalue weighted by Crippen LogP contribution is 2.40. The zero-order valence-corrected chi connectivity index (χ0v) is 17.1. The molecule has 0 bridgehead atoms. The smallest absolute Gasteiger partial charge is 0.304 e. The van der Waals surface area contributed by atoms with Gasteiger partial charge in [0.25, 0.3) is 5.89 Å². The second kappa shape index (κ2) is 7.50. The number of aromatic amines is 1. The van der Waals surface area contributed by atoms with Gasteiger partial charge in [0.2, 0.25) is 11.7 Å². The quantitative estimate of drug-likeness (QED) is 0.481. The molecule has 2 N–H and O–H groups in total. The van der Waals surface area contributed by atoms with Gasteiger partial charge >= 0.3 is 5.97 Å². The van der Waals surface area contributed by atoms with E-state index < -0.39 is 5.97 Å². The van der Waals surface area contributed by atoms with Crippen molar-refractivity contribution in [2.45, 2.75) is 45.1 Å². The Morgan fingerprint density at radius 2 is 2.19 bits per heavy atom. The fourth-order valence-corrected chi connectivity index (χ4v) is 4.08. The summed E-state index contributed by atoms with van der Waals surface area (Å²) in [6.07, 6.45) is 4.92. The summed E-state index contributed by atoms with van der Waals surface area (Å²) in [5.41, 5.74) is 4.48. The molecule has 31 heavy (non-hydrogen) atoms. The molecule has 9 heteroatoms. The van der Waals surface area contributed by atoms with E-state index in [2.05, 4.69) is 25.1 Å². The Labute approximate surface area is 177 Å². The number of H-pyrrole nitrogens is 1. The number of carboxylic acids is 1. The summed E-state index contributed by atoms with van der Waals surface area (Å²) in [5, 5.41) is 14.3. The summed E-state index contributed by atoms with van der Waals surface area (Å²) in [5.74, 6) is 0.423. The maximum absolute atomic E-state index is 11.1. The van der Waals surface area contributed by atoms with Gasteiger partial charge in [-0.25, -0.2) is 9.97 Å². The molecule has 1 unspecified atom stereocenters. The second-order valence-corrected chi connectivity index (χ2v) is 7.94. The predicted molar refractivity (Wildman–Crippen MR) is 112 cm³/mol. The van der Waals surface area contributed by atoms with Crippen LogP contribution in [0.2, 0.25) is 0 Å². The lowest BCUT2D eigenvalue weighted by atomic mass is 10.0. The first-order valence-electron chi connectivity index (χ1n) is 10.2. The number of rotatable bonds is 6. The molecular weight excluding hydrogens is 398 g/mol. The highest BCUT2D eigenvalue weighted by molar-refractivity contribution is 5.89. The maximum atomic E-state index is 11.1. The van der Waals surface area contributed by atoms with Crippen LogP contribution >= 0.6 is 0 Å². The average Bonchev–Trinajstić information content (AvgIpc) is 3.44. The van der Waals surface area contributed by atoms with Crippen LogP contribution in [0.3, 0.4) is 0 Å². The summed E-state index contributed by atoms with van der Waals surface area (Å²) in [6, 6.07) is 5.91. The lowest BCUT2D eigenvalue weighted by Gasteiger charge is -2.07. The van der Waals surface area contributed by atoms with Crippen LogP contribution in [0.15, 0.2) is 35.1 Å². The fraction of sp³-hybridized carbons (Fsp3) is 0.318. The number of carboxylic acid groups (broad SMARTS) is 1. The minimum Gasteiger partial charge on any atom is -0.481 e. The molecule has 0 saturated heterocycles.